The van der Waals surface area contributed by atoms with E-state index in [0.717, 1.165) is 11.3 Å². The lowest BCUT2D eigenvalue weighted by Crippen LogP contribution is -1.90. The summed E-state index contributed by atoms with van der Waals surface area (Å²) in [6.45, 7) is 3.70. The lowest BCUT2D eigenvalue weighted by atomic mass is 10.1. The molecule has 2 nitrogen and oxygen atoms in total. The minimum Gasteiger partial charge on any atom is -0.493 e. The predicted molar refractivity (Wildman–Crippen MR) is 45.2 cm³/mol. The van der Waals surface area contributed by atoms with E-state index in [0.29, 0.717) is 5.57 Å². The Labute approximate surface area is 64.5 Å². The Balaban J connectivity index is 2.67. The molecule has 1 aromatic rings. The zero-order valence-electron chi connectivity index (χ0n) is 5.91. The molecule has 11 heavy (non-hydrogen) atoms. The standard InChI is InChI=1S/C9H7NO/c1-6-7-4-2-3-5-8(7)10-9(6)11/h2-5H,1H2,(H,10,11). The molecule has 2 heteroatoms. The number of para-hydroxylation sites is 1. The van der Waals surface area contributed by atoms with Crippen molar-refractivity contribution in [3.8, 4) is 0 Å². The van der Waals surface area contributed by atoms with Crippen molar-refractivity contribution in [1.82, 2.24) is 0 Å². The Hall–Kier alpha value is -1.57. The van der Waals surface area contributed by atoms with Crippen molar-refractivity contribution in [1.29, 1.82) is 0 Å². The monoisotopic (exact) mass is 145 g/mol. The van der Waals surface area contributed by atoms with Crippen LogP contribution < -0.4 is 0 Å². The molecule has 1 heterocycles. The van der Waals surface area contributed by atoms with Gasteiger partial charge in [-0.15, -0.1) is 0 Å². The van der Waals surface area contributed by atoms with Crippen LogP contribution in [0.5, 0.6) is 0 Å². The van der Waals surface area contributed by atoms with Gasteiger partial charge < -0.3 is 5.11 Å². The average Bonchev–Trinajstić information content (AvgIpc) is 2.30. The van der Waals surface area contributed by atoms with E-state index in [4.69, 9.17) is 5.11 Å². The molecule has 0 fully saturated rings. The number of aliphatic imine (C=N–C) groups is 1. The van der Waals surface area contributed by atoms with Gasteiger partial charge in [0.15, 0.2) is 0 Å². The third kappa shape index (κ3) is 0.759. The van der Waals surface area contributed by atoms with E-state index < -0.39 is 0 Å². The minimum absolute atomic E-state index is 0.0335. The van der Waals surface area contributed by atoms with Gasteiger partial charge in [-0.25, -0.2) is 4.99 Å². The summed E-state index contributed by atoms with van der Waals surface area (Å²) in [5, 5.41) is 9.17. The van der Waals surface area contributed by atoms with Gasteiger partial charge in [-0.2, -0.15) is 0 Å². The molecule has 0 amide bonds. The van der Waals surface area contributed by atoms with Crippen molar-refractivity contribution in [2.45, 2.75) is 0 Å². The number of hydrogen-bond donors (Lipinski definition) is 1. The molecule has 0 unspecified atom stereocenters. The average molecular weight is 145 g/mol. The van der Waals surface area contributed by atoms with Crippen molar-refractivity contribution in [2.75, 3.05) is 0 Å². The first-order valence-electron chi connectivity index (χ1n) is 3.35. The molecule has 0 spiro atoms. The fourth-order valence-electron chi connectivity index (χ4n) is 1.13. The second kappa shape index (κ2) is 1.95. The van der Waals surface area contributed by atoms with Crippen LogP contribution >= 0.6 is 0 Å². The summed E-state index contributed by atoms with van der Waals surface area (Å²) in [7, 11) is 0. The zero-order valence-corrected chi connectivity index (χ0v) is 5.91. The van der Waals surface area contributed by atoms with Crippen LogP contribution in [-0.2, 0) is 0 Å². The lowest BCUT2D eigenvalue weighted by Gasteiger charge is -1.94. The molecule has 54 valence electrons. The first-order valence-corrected chi connectivity index (χ1v) is 3.35. The Morgan fingerprint density at radius 2 is 2.00 bits per heavy atom. The van der Waals surface area contributed by atoms with Crippen molar-refractivity contribution < 1.29 is 5.11 Å². The maximum absolute atomic E-state index is 9.17. The van der Waals surface area contributed by atoms with Crippen LogP contribution in [0.3, 0.4) is 0 Å². The molecule has 0 aromatic heterocycles. The van der Waals surface area contributed by atoms with Gasteiger partial charge in [-0.05, 0) is 6.07 Å². The van der Waals surface area contributed by atoms with Gasteiger partial charge >= 0.3 is 0 Å². The molecule has 1 aliphatic rings. The third-order valence-corrected chi connectivity index (χ3v) is 1.73. The normalized spacial score (nSPS) is 14.5. The summed E-state index contributed by atoms with van der Waals surface area (Å²) in [5.41, 5.74) is 2.33. The lowest BCUT2D eigenvalue weighted by molar-refractivity contribution is 0.563. The largest absolute Gasteiger partial charge is 0.493 e. The molecule has 0 aliphatic carbocycles. The summed E-state index contributed by atoms with van der Waals surface area (Å²) < 4.78 is 0. The summed E-state index contributed by atoms with van der Waals surface area (Å²) in [6.07, 6.45) is 0. The van der Waals surface area contributed by atoms with E-state index in [1.54, 1.807) is 0 Å². The number of fused-ring (bicyclic) bond motifs is 1. The molecule has 0 atom stereocenters. The Morgan fingerprint density at radius 3 is 2.73 bits per heavy atom. The first-order chi connectivity index (χ1) is 5.29. The number of rotatable bonds is 0. The molecular formula is C9H7NO. The van der Waals surface area contributed by atoms with Gasteiger partial charge in [0.05, 0.1) is 5.69 Å². The molecule has 1 aliphatic heterocycles. The highest BCUT2D eigenvalue weighted by Crippen LogP contribution is 2.31. The van der Waals surface area contributed by atoms with E-state index in [2.05, 4.69) is 11.6 Å². The number of nitrogens with zero attached hydrogens (tertiary/aromatic N) is 1. The third-order valence-electron chi connectivity index (χ3n) is 1.73. The topological polar surface area (TPSA) is 32.6 Å². The van der Waals surface area contributed by atoms with E-state index in [-0.39, 0.29) is 5.90 Å². The van der Waals surface area contributed by atoms with Crippen molar-refractivity contribution in [3.05, 3.63) is 36.4 Å². The molecule has 0 saturated heterocycles. The van der Waals surface area contributed by atoms with E-state index in [1.807, 2.05) is 24.3 Å². The van der Waals surface area contributed by atoms with E-state index in [1.165, 1.54) is 0 Å². The summed E-state index contributed by atoms with van der Waals surface area (Å²) in [4.78, 5) is 3.91. The number of aliphatic hydroxyl groups is 1. The fourth-order valence-corrected chi connectivity index (χ4v) is 1.13. The van der Waals surface area contributed by atoms with E-state index in [9.17, 15) is 0 Å². The van der Waals surface area contributed by atoms with Gasteiger partial charge in [0, 0.05) is 11.1 Å². The quantitative estimate of drug-likeness (QED) is 0.596. The van der Waals surface area contributed by atoms with Crippen LogP contribution in [-0.4, -0.2) is 11.0 Å². The maximum atomic E-state index is 9.17. The van der Waals surface area contributed by atoms with Gasteiger partial charge in [0.1, 0.15) is 0 Å². The minimum atomic E-state index is 0.0335. The molecule has 2 rings (SSSR count). The summed E-state index contributed by atoms with van der Waals surface area (Å²) in [6, 6.07) is 7.53. The Kier molecular flexibility index (Phi) is 1.09. The van der Waals surface area contributed by atoms with E-state index >= 15 is 0 Å². The molecule has 0 radical (unpaired) electrons. The van der Waals surface area contributed by atoms with Gasteiger partial charge in [-0.1, -0.05) is 24.8 Å². The van der Waals surface area contributed by atoms with Crippen molar-refractivity contribution in [3.63, 3.8) is 0 Å². The van der Waals surface area contributed by atoms with Gasteiger partial charge in [0.25, 0.3) is 0 Å². The Morgan fingerprint density at radius 1 is 1.27 bits per heavy atom. The highest BCUT2D eigenvalue weighted by molar-refractivity contribution is 6.23. The molecule has 0 bridgehead atoms. The molecule has 0 saturated carbocycles. The van der Waals surface area contributed by atoms with Crippen LogP contribution in [0.4, 0.5) is 5.69 Å². The smallest absolute Gasteiger partial charge is 0.218 e. The van der Waals surface area contributed by atoms with Crippen molar-refractivity contribution in [2.24, 2.45) is 4.99 Å². The SMILES string of the molecule is C=C1C(O)=Nc2ccccc21. The van der Waals surface area contributed by atoms with Gasteiger partial charge in [0.2, 0.25) is 5.90 Å². The summed E-state index contributed by atoms with van der Waals surface area (Å²) in [5.74, 6) is 0.0335. The van der Waals surface area contributed by atoms with Crippen LogP contribution in [0.2, 0.25) is 0 Å². The number of hydrogen-bond acceptors (Lipinski definition) is 1. The molecule has 1 aromatic carbocycles. The first kappa shape index (κ1) is 6.16. The predicted octanol–water partition coefficient (Wildman–Crippen LogP) is 2.30. The molecular weight excluding hydrogens is 138 g/mol. The summed E-state index contributed by atoms with van der Waals surface area (Å²) >= 11 is 0. The second-order valence-corrected chi connectivity index (χ2v) is 2.43. The van der Waals surface area contributed by atoms with Crippen LogP contribution in [0, 0.1) is 0 Å². The zero-order chi connectivity index (χ0) is 7.84. The van der Waals surface area contributed by atoms with Crippen molar-refractivity contribution >= 4 is 17.2 Å². The molecule has 1 N–H and O–H groups in total. The number of benzene rings is 1. The Bertz CT molecular complexity index is 352. The highest BCUT2D eigenvalue weighted by Gasteiger charge is 2.16. The fraction of sp³-hybridized carbons (Fsp3) is 0. The van der Waals surface area contributed by atoms with Crippen LogP contribution in [0.25, 0.3) is 5.57 Å². The van der Waals surface area contributed by atoms with Crippen LogP contribution in [0.1, 0.15) is 5.56 Å². The van der Waals surface area contributed by atoms with Crippen LogP contribution in [0.15, 0.2) is 35.8 Å². The maximum Gasteiger partial charge on any atom is 0.218 e. The van der Waals surface area contributed by atoms with Gasteiger partial charge in [-0.3, -0.25) is 0 Å². The highest BCUT2D eigenvalue weighted by atomic mass is 16.3. The number of aliphatic hydroxyl groups excluding tert-OH is 1. The second-order valence-electron chi connectivity index (χ2n) is 2.43.